The maximum Gasteiger partial charge on any atom is 0.306 e. The molecule has 1 unspecified atom stereocenters. The summed E-state index contributed by atoms with van der Waals surface area (Å²) >= 11 is 0. The van der Waals surface area contributed by atoms with Crippen LogP contribution in [0.3, 0.4) is 0 Å². The van der Waals surface area contributed by atoms with E-state index in [1.807, 2.05) is 0 Å². The number of allylic oxidation sites excluding steroid dienone is 10. The van der Waals surface area contributed by atoms with Gasteiger partial charge in [0, 0.05) is 19.3 Å². The Bertz CT molecular complexity index is 1130. The summed E-state index contributed by atoms with van der Waals surface area (Å²) < 4.78 is 16.8. The second-order valence-corrected chi connectivity index (χ2v) is 17.4. The van der Waals surface area contributed by atoms with Crippen molar-refractivity contribution in [2.75, 3.05) is 13.2 Å². The molecular weight excluding hydrogens is 769 g/mol. The minimum Gasteiger partial charge on any atom is -0.462 e. The molecule has 0 rings (SSSR count). The molecule has 0 fully saturated rings. The third-order valence-corrected chi connectivity index (χ3v) is 11.3. The number of hydrogen-bond acceptors (Lipinski definition) is 6. The fraction of sp³-hybridized carbons (Fsp3) is 0.768. The standard InChI is InChI=1S/C56H98O6/c1-4-7-10-13-16-19-22-24-26-28-30-31-34-37-40-43-46-49-55(58)61-52-53(51-60-54(57)48-45-42-39-36-33-21-18-15-12-9-6-3)62-56(59)50-47-44-41-38-35-32-29-27-25-23-20-17-14-11-8-5-2/h7,10,16,19,24,26-27,29-31,53H,4-6,8-9,11-15,17-18,20-23,25,28,32-52H2,1-3H3/b10-7-,19-16-,26-24-,29-27-,31-30-. The average molecular weight is 867 g/mol. The molecule has 0 aromatic heterocycles. The number of carbonyl (C=O) groups excluding carboxylic acids is 3. The van der Waals surface area contributed by atoms with Gasteiger partial charge in [0.25, 0.3) is 0 Å². The molecular formula is C56H98O6. The second-order valence-electron chi connectivity index (χ2n) is 17.4. The normalized spacial score (nSPS) is 12.5. The van der Waals surface area contributed by atoms with Gasteiger partial charge in [-0.15, -0.1) is 0 Å². The summed E-state index contributed by atoms with van der Waals surface area (Å²) in [7, 11) is 0. The van der Waals surface area contributed by atoms with Crippen molar-refractivity contribution < 1.29 is 28.6 Å². The van der Waals surface area contributed by atoms with Crippen LogP contribution in [0, 0.1) is 0 Å². The number of rotatable bonds is 47. The number of hydrogen-bond donors (Lipinski definition) is 0. The Hall–Kier alpha value is -2.89. The summed E-state index contributed by atoms with van der Waals surface area (Å²) in [5.41, 5.74) is 0. The van der Waals surface area contributed by atoms with Crippen LogP contribution in [0.5, 0.6) is 0 Å². The molecule has 6 nitrogen and oxygen atoms in total. The quantitative estimate of drug-likeness (QED) is 0.0262. The van der Waals surface area contributed by atoms with Gasteiger partial charge in [-0.3, -0.25) is 14.4 Å². The van der Waals surface area contributed by atoms with Crippen LogP contribution in [-0.2, 0) is 28.6 Å². The van der Waals surface area contributed by atoms with Crippen molar-refractivity contribution >= 4 is 17.9 Å². The summed E-state index contributed by atoms with van der Waals surface area (Å²) in [6.07, 6.45) is 62.0. The van der Waals surface area contributed by atoms with Crippen molar-refractivity contribution in [2.45, 2.75) is 264 Å². The van der Waals surface area contributed by atoms with Crippen LogP contribution in [0.15, 0.2) is 60.8 Å². The highest BCUT2D eigenvalue weighted by molar-refractivity contribution is 5.71. The monoisotopic (exact) mass is 867 g/mol. The first-order valence-electron chi connectivity index (χ1n) is 26.3. The highest BCUT2D eigenvalue weighted by atomic mass is 16.6. The second kappa shape index (κ2) is 50.8. The molecule has 0 saturated carbocycles. The number of unbranched alkanes of at least 4 members (excludes halogenated alkanes) is 26. The van der Waals surface area contributed by atoms with Gasteiger partial charge in [0.1, 0.15) is 13.2 Å². The summed E-state index contributed by atoms with van der Waals surface area (Å²) in [5.74, 6) is -0.912. The molecule has 0 aromatic rings. The van der Waals surface area contributed by atoms with Crippen LogP contribution in [0.25, 0.3) is 0 Å². The van der Waals surface area contributed by atoms with E-state index in [1.54, 1.807) is 0 Å². The van der Waals surface area contributed by atoms with Crippen molar-refractivity contribution in [1.82, 2.24) is 0 Å². The zero-order chi connectivity index (χ0) is 45.1. The Morgan fingerprint density at radius 2 is 0.629 bits per heavy atom. The molecule has 0 heterocycles. The van der Waals surface area contributed by atoms with Crippen molar-refractivity contribution in [3.05, 3.63) is 60.8 Å². The smallest absolute Gasteiger partial charge is 0.306 e. The highest BCUT2D eigenvalue weighted by Crippen LogP contribution is 2.15. The fourth-order valence-corrected chi connectivity index (χ4v) is 7.31. The summed E-state index contributed by atoms with van der Waals surface area (Å²) in [6.45, 7) is 6.50. The molecule has 0 radical (unpaired) electrons. The fourth-order valence-electron chi connectivity index (χ4n) is 7.31. The number of carbonyl (C=O) groups is 3. The first-order valence-corrected chi connectivity index (χ1v) is 26.3. The number of ether oxygens (including phenoxy) is 3. The summed E-state index contributed by atoms with van der Waals surface area (Å²) in [5, 5.41) is 0. The number of esters is 3. The van der Waals surface area contributed by atoms with E-state index in [2.05, 4.69) is 81.5 Å². The van der Waals surface area contributed by atoms with E-state index < -0.39 is 6.10 Å². The molecule has 0 aromatic carbocycles. The van der Waals surface area contributed by atoms with E-state index >= 15 is 0 Å². The van der Waals surface area contributed by atoms with Gasteiger partial charge in [0.15, 0.2) is 6.10 Å². The highest BCUT2D eigenvalue weighted by Gasteiger charge is 2.19. The predicted molar refractivity (Wildman–Crippen MR) is 265 cm³/mol. The molecule has 1 atom stereocenters. The van der Waals surface area contributed by atoms with Gasteiger partial charge in [0.05, 0.1) is 0 Å². The average Bonchev–Trinajstić information content (AvgIpc) is 3.27. The Morgan fingerprint density at radius 3 is 1.00 bits per heavy atom. The van der Waals surface area contributed by atoms with Crippen LogP contribution in [0.1, 0.15) is 258 Å². The van der Waals surface area contributed by atoms with Gasteiger partial charge in [0.2, 0.25) is 0 Å². The van der Waals surface area contributed by atoms with Gasteiger partial charge in [-0.25, -0.2) is 0 Å². The van der Waals surface area contributed by atoms with Crippen LogP contribution in [-0.4, -0.2) is 37.2 Å². The third-order valence-electron chi connectivity index (χ3n) is 11.3. The molecule has 0 aliphatic carbocycles. The van der Waals surface area contributed by atoms with Crippen molar-refractivity contribution in [1.29, 1.82) is 0 Å². The molecule has 0 aliphatic heterocycles. The molecule has 0 spiro atoms. The molecule has 358 valence electrons. The van der Waals surface area contributed by atoms with E-state index in [-0.39, 0.29) is 31.1 Å². The lowest BCUT2D eigenvalue weighted by Gasteiger charge is -2.18. The SMILES string of the molecule is CC/C=C\C/C=C\C/C=C\C/C=C\CCCCCCC(=O)OCC(COC(=O)CCCCCCCCCCCCC)OC(=O)CCCCCCC/C=C\CCCCCCCCC. The lowest BCUT2D eigenvalue weighted by Crippen LogP contribution is -2.30. The Labute approximate surface area is 383 Å². The van der Waals surface area contributed by atoms with Crippen molar-refractivity contribution in [3.8, 4) is 0 Å². The van der Waals surface area contributed by atoms with Crippen molar-refractivity contribution in [3.63, 3.8) is 0 Å². The van der Waals surface area contributed by atoms with Crippen LogP contribution in [0.4, 0.5) is 0 Å². The molecule has 0 saturated heterocycles. The van der Waals surface area contributed by atoms with E-state index in [0.717, 1.165) is 109 Å². The first-order chi connectivity index (χ1) is 30.5. The predicted octanol–water partition coefficient (Wildman–Crippen LogP) is 17.3. The molecule has 6 heteroatoms. The molecule has 0 bridgehead atoms. The largest absolute Gasteiger partial charge is 0.462 e. The lowest BCUT2D eigenvalue weighted by molar-refractivity contribution is -0.167. The Kier molecular flexibility index (Phi) is 48.4. The lowest BCUT2D eigenvalue weighted by atomic mass is 10.1. The van der Waals surface area contributed by atoms with Gasteiger partial charge in [-0.2, -0.15) is 0 Å². The van der Waals surface area contributed by atoms with E-state index in [1.165, 1.54) is 109 Å². The summed E-state index contributed by atoms with van der Waals surface area (Å²) in [4.78, 5) is 38.0. The topological polar surface area (TPSA) is 78.9 Å². The maximum atomic E-state index is 12.8. The summed E-state index contributed by atoms with van der Waals surface area (Å²) in [6, 6.07) is 0. The molecule has 0 amide bonds. The zero-order valence-electron chi connectivity index (χ0n) is 40.9. The zero-order valence-corrected chi connectivity index (χ0v) is 40.9. The Morgan fingerprint density at radius 1 is 0.339 bits per heavy atom. The molecule has 0 aliphatic rings. The van der Waals surface area contributed by atoms with Gasteiger partial charge < -0.3 is 14.2 Å². The first kappa shape index (κ1) is 59.1. The van der Waals surface area contributed by atoms with Crippen LogP contribution < -0.4 is 0 Å². The van der Waals surface area contributed by atoms with Crippen molar-refractivity contribution in [2.24, 2.45) is 0 Å². The molecule has 0 N–H and O–H groups in total. The Balaban J connectivity index is 4.41. The minimum atomic E-state index is -0.786. The van der Waals surface area contributed by atoms with Gasteiger partial charge >= 0.3 is 17.9 Å². The van der Waals surface area contributed by atoms with Gasteiger partial charge in [-0.05, 0) is 83.5 Å². The third kappa shape index (κ3) is 48.1. The van der Waals surface area contributed by atoms with E-state index in [4.69, 9.17) is 14.2 Å². The maximum absolute atomic E-state index is 12.8. The van der Waals surface area contributed by atoms with Crippen LogP contribution in [0.2, 0.25) is 0 Å². The molecule has 62 heavy (non-hydrogen) atoms. The minimum absolute atomic E-state index is 0.0837. The van der Waals surface area contributed by atoms with E-state index in [9.17, 15) is 14.4 Å². The van der Waals surface area contributed by atoms with Crippen LogP contribution >= 0.6 is 0 Å². The van der Waals surface area contributed by atoms with Gasteiger partial charge in [-0.1, -0.05) is 216 Å². The van der Waals surface area contributed by atoms with E-state index in [0.29, 0.717) is 19.3 Å².